The van der Waals surface area contributed by atoms with E-state index < -0.39 is 77.7 Å². The number of amides is 4. The van der Waals surface area contributed by atoms with Crippen LogP contribution in [0.2, 0.25) is 25.1 Å². The maximum Gasteiger partial charge on any atom is 0.275 e. The van der Waals surface area contributed by atoms with E-state index in [0.717, 1.165) is 73.6 Å². The lowest BCUT2D eigenvalue weighted by atomic mass is 10.1. The zero-order chi connectivity index (χ0) is 93.6. The van der Waals surface area contributed by atoms with E-state index in [4.69, 9.17) is 96.3 Å². The number of hydrogen-bond acceptors (Lipinski definition) is 30. The Hall–Kier alpha value is -13.2. The molecule has 4 amide bonds. The molecule has 26 N–H and O–H groups in total. The number of aromatic nitrogens is 8. The third-order valence-electron chi connectivity index (χ3n) is 17.9. The summed E-state index contributed by atoms with van der Waals surface area (Å²) in [5.41, 5.74) is 28.9. The second kappa shape index (κ2) is 45.5. The van der Waals surface area contributed by atoms with Crippen LogP contribution < -0.4 is 87.7 Å². The first-order valence-electron chi connectivity index (χ1n) is 37.9. The monoisotopic (exact) mass is 1930 g/mol. The Balaban J connectivity index is 0.000000179. The van der Waals surface area contributed by atoms with Crippen molar-refractivity contribution in [1.29, 1.82) is 0 Å². The van der Waals surface area contributed by atoms with Gasteiger partial charge in [-0.3, -0.25) is 65.8 Å². The van der Waals surface area contributed by atoms with E-state index in [1.807, 2.05) is 93.6 Å². The number of carbonyl (C=O) groups excluding carboxylic acids is 4. The second-order valence-corrected chi connectivity index (χ2v) is 32.8. The number of aryl methyl sites for hydroxylation is 4. The van der Waals surface area contributed by atoms with Crippen LogP contribution in [0.3, 0.4) is 0 Å². The largest absolute Gasteiger partial charge is 0.394 e. The number of carbonyl (C=O) groups is 4. The van der Waals surface area contributed by atoms with Gasteiger partial charge in [-0.2, -0.15) is 0 Å². The first-order chi connectivity index (χ1) is 61.6. The van der Waals surface area contributed by atoms with Crippen molar-refractivity contribution in [2.24, 2.45) is 42.9 Å². The molecule has 0 aliphatic heterocycles. The number of fused-ring (bicyclic) bond motifs is 1. The summed E-state index contributed by atoms with van der Waals surface area (Å²) in [4.78, 5) is 132. The Labute approximate surface area is 773 Å². The zero-order valence-corrected chi connectivity index (χ0v) is 75.5. The lowest BCUT2D eigenvalue weighted by Gasteiger charge is -2.12. The molecular weight excluding hydrogens is 1850 g/mol. The van der Waals surface area contributed by atoms with Gasteiger partial charge in [-0.05, 0) is 169 Å². The highest BCUT2D eigenvalue weighted by Crippen LogP contribution is 2.34. The maximum absolute atomic E-state index is 12.7. The molecule has 129 heavy (non-hydrogen) atoms. The van der Waals surface area contributed by atoms with Crippen LogP contribution in [0, 0.1) is 27.7 Å². The fourth-order valence-corrected chi connectivity index (χ4v) is 15.7. The van der Waals surface area contributed by atoms with Gasteiger partial charge >= 0.3 is 0 Å². The molecule has 8 aromatic heterocycles. The van der Waals surface area contributed by atoms with Crippen LogP contribution in [0.4, 0.5) is 65.8 Å². The molecule has 0 saturated carbocycles. The van der Waals surface area contributed by atoms with E-state index in [-0.39, 0.29) is 108 Å². The maximum atomic E-state index is 12.7. The van der Waals surface area contributed by atoms with E-state index in [1.165, 1.54) is 43.0 Å². The van der Waals surface area contributed by atoms with Crippen molar-refractivity contribution in [3.63, 3.8) is 0 Å². The van der Waals surface area contributed by atoms with Crippen molar-refractivity contribution in [2.75, 3.05) is 69.0 Å². The molecule has 0 aliphatic rings. The molecule has 5 aromatic carbocycles. The number of aliphatic hydroxyl groups is 6. The first-order valence-corrected chi connectivity index (χ1v) is 43.0. The number of nitrogens with two attached hydrogens (primary N) is 4. The summed E-state index contributed by atoms with van der Waals surface area (Å²) in [6.45, 7) is 8.94. The highest BCUT2D eigenvalue weighted by atomic mass is 35.5. The van der Waals surface area contributed by atoms with Crippen LogP contribution >= 0.6 is 104 Å². The number of nitrogens with zero attached hydrogens (tertiary/aromatic N) is 8. The third-order valence-corrected chi connectivity index (χ3v) is 22.6. The molecule has 4 unspecified atom stereocenters. The van der Waals surface area contributed by atoms with Gasteiger partial charge in [0.2, 0.25) is 0 Å². The van der Waals surface area contributed by atoms with Crippen LogP contribution in [-0.2, 0) is 0 Å². The minimum Gasteiger partial charge on any atom is -0.394 e. The van der Waals surface area contributed by atoms with Gasteiger partial charge in [0.1, 0.15) is 88.6 Å². The summed E-state index contributed by atoms with van der Waals surface area (Å²) in [6, 6.07) is 36.6. The first kappa shape index (κ1) is 98.0. The number of aromatic amines is 4. The summed E-state index contributed by atoms with van der Waals surface area (Å²) in [5.74, 6) is -1.66. The number of benzene rings is 5. The van der Waals surface area contributed by atoms with Crippen molar-refractivity contribution in [3.8, 4) is 0 Å². The molecule has 0 saturated heterocycles. The molecule has 0 fully saturated rings. The van der Waals surface area contributed by atoms with Crippen LogP contribution in [0.1, 0.15) is 100 Å². The number of H-pyrrole nitrogens is 4. The molecule has 13 aromatic rings. The summed E-state index contributed by atoms with van der Waals surface area (Å²) in [6.07, 6.45) is 2.63. The van der Waals surface area contributed by atoms with E-state index >= 15 is 0 Å². The zero-order valence-electron chi connectivity index (χ0n) is 68.4. The van der Waals surface area contributed by atoms with E-state index in [0.29, 0.717) is 76.1 Å². The highest BCUT2D eigenvalue weighted by Gasteiger charge is 2.25. The molecule has 0 bridgehead atoms. The number of rotatable bonds is 28. The third kappa shape index (κ3) is 25.9. The molecule has 672 valence electrons. The number of aliphatic imine (C=N–C) groups is 4. The Morgan fingerprint density at radius 2 is 0.783 bits per heavy atom. The van der Waals surface area contributed by atoms with Gasteiger partial charge in [-0.1, -0.05) is 131 Å². The van der Waals surface area contributed by atoms with Crippen LogP contribution in [0.5, 0.6) is 0 Å². The lowest BCUT2D eigenvalue weighted by Crippen LogP contribution is -2.25. The lowest BCUT2D eigenvalue weighted by molar-refractivity contribution is 0.101. The molecular formula is C82H81Cl5N24O14S4. The molecule has 13 rings (SSSR count). The van der Waals surface area contributed by atoms with Gasteiger partial charge in [-0.25, -0.2) is 29.9 Å². The van der Waals surface area contributed by atoms with Crippen LogP contribution in [-0.4, -0.2) is 166 Å². The van der Waals surface area contributed by atoms with Crippen molar-refractivity contribution in [3.05, 3.63) is 286 Å². The quantitative estimate of drug-likeness (QED) is 0.0160. The van der Waals surface area contributed by atoms with Crippen molar-refractivity contribution < 1.29 is 49.8 Å². The van der Waals surface area contributed by atoms with Crippen molar-refractivity contribution in [2.45, 2.75) is 66.1 Å². The Bertz CT molecular complexity index is 6460. The number of hydrogen-bond donors (Lipinski definition) is 22. The fourth-order valence-electron chi connectivity index (χ4n) is 11.4. The molecule has 0 spiro atoms. The number of anilines is 12. The van der Waals surface area contributed by atoms with Crippen molar-refractivity contribution in [1.82, 2.24) is 37.4 Å². The number of halogens is 5. The van der Waals surface area contributed by atoms with E-state index in [2.05, 4.69) is 99.9 Å². The summed E-state index contributed by atoms with van der Waals surface area (Å²) < 4.78 is 10.2. The number of nitrogens with one attached hydrogen (secondary N) is 12. The van der Waals surface area contributed by atoms with Gasteiger partial charge in [-0.15, -0.1) is 0 Å². The predicted molar refractivity (Wildman–Crippen MR) is 511 cm³/mol. The smallest absolute Gasteiger partial charge is 0.275 e. The minimum absolute atomic E-state index is 0.000153. The minimum atomic E-state index is -1.46. The standard InChI is InChI=1S/C23H21ClN6O3S.C20H21ClN6O4S.C20H21ClN6O3S.C19H18Cl2N6O4S/c1-12(11-31)27-20(25)18-21(32)30-34-23(18)29-16-9-17(24)19(26-10-16)22(33)28-15-7-6-13-4-2-3-5-14(13)8-15;1-9-4-3-5-12(21)16(9)26-18(30)11-7-23-13(6-10(11)2)24-20-15(19(31)27-32-20)17(22)25-14(29)8-28;1-10-5-3-4-6-14(10)26-19(30)16-13(21)7-12(8-23-16)25-20-15(18(29)27-31-20)17(22)24-11(2)9-28;1-8-3-2-4-10(20)15(8)26-17(30)9-6-23-12(5-11(9)21)24-19-14(18(31)27-32-19)16(22)25-13(29)7-28/h2-10,12,29,31H,11H2,1H3,(H2,25,27)(H,28,33)(H,30,32);3-7,14,28-29H,8H2,1-2H3,(H2,22,25)(H,23,24)(H,26,30)(H,27,31);3-8,11,25,28H,9H2,1-2H3,(H2,22,24)(H,26,30)(H,27,29);2-6,13,28-29H,7H2,1H3,(H2,22,25)(H,23,24)(H,26,30)(H,27,31). The van der Waals surface area contributed by atoms with E-state index in [9.17, 15) is 53.7 Å². The molecule has 0 aliphatic carbocycles. The second-order valence-electron chi connectivity index (χ2n) is 27.5. The number of aliphatic hydroxyl groups excluding tert-OH is 6. The Morgan fingerprint density at radius 1 is 0.388 bits per heavy atom. The van der Waals surface area contributed by atoms with Crippen molar-refractivity contribution >= 4 is 228 Å². The summed E-state index contributed by atoms with van der Waals surface area (Å²) >= 11 is 35.2. The normalized spacial score (nSPS) is 12.5. The molecule has 38 nitrogen and oxygen atoms in total. The Morgan fingerprint density at radius 3 is 1.20 bits per heavy atom. The number of amidine groups is 4. The predicted octanol–water partition coefficient (Wildman–Crippen LogP) is 11.2. The fraction of sp³-hybridized carbons (Fsp3) is 0.171. The van der Waals surface area contributed by atoms with Gasteiger partial charge in [0.15, 0.2) is 12.5 Å². The topological polar surface area (TPSA) is 622 Å². The Kier molecular flexibility index (Phi) is 34.6. The summed E-state index contributed by atoms with van der Waals surface area (Å²) in [7, 11) is 0. The molecule has 8 heterocycles. The highest BCUT2D eigenvalue weighted by molar-refractivity contribution is 7.11. The van der Waals surface area contributed by atoms with Gasteiger partial charge in [0.25, 0.3) is 45.9 Å². The van der Waals surface area contributed by atoms with Gasteiger partial charge in [0, 0.05) is 29.8 Å². The average Bonchev–Trinajstić information content (AvgIpc) is 1.76. The molecule has 47 heteroatoms. The average molecular weight is 1930 g/mol. The van der Waals surface area contributed by atoms with Gasteiger partial charge < -0.3 is 96.1 Å². The van der Waals surface area contributed by atoms with Gasteiger partial charge in [0.05, 0.1) is 110 Å². The van der Waals surface area contributed by atoms with Crippen LogP contribution in [0.25, 0.3) is 10.8 Å². The van der Waals surface area contributed by atoms with E-state index in [1.54, 1.807) is 57.2 Å². The number of para-hydroxylation sites is 3. The number of pyridine rings is 4. The molecule has 4 atom stereocenters. The SMILES string of the molecule is CC(CO)N=C(N)c1c(Nc2cnc(C(=O)Nc3ccc4ccccc4c3)c(Cl)c2)s[nH]c1=O.Cc1cc(Nc2s[nH]c(=O)c2C(N)=NC(O)CO)ncc1C(=O)Nc1c(C)cccc1Cl.Cc1cccc(Cl)c1NC(=O)c1cnc(Nc2s[nH]c(=O)c2C(N)=NC(O)CO)cc1Cl.Cc1ccccc1NC(=O)c1ncc(Nc2s[nH]c(=O)c2C(N)=NC(C)CO)cc1Cl. The molecule has 0 radical (unpaired) electrons. The van der Waals surface area contributed by atoms with Crippen LogP contribution in [0.15, 0.2) is 191 Å². The summed E-state index contributed by atoms with van der Waals surface area (Å²) in [5, 5.41) is 82.7.